The lowest BCUT2D eigenvalue weighted by atomic mass is 10.0. The summed E-state index contributed by atoms with van der Waals surface area (Å²) in [5.74, 6) is 2.44. The van der Waals surface area contributed by atoms with Crippen LogP contribution in [0.15, 0.2) is 42.6 Å². The van der Waals surface area contributed by atoms with Crippen LogP contribution in [0.5, 0.6) is 17.2 Å². The average Bonchev–Trinajstić information content (AvgIpc) is 3.11. The van der Waals surface area contributed by atoms with Crippen molar-refractivity contribution < 1.29 is 14.2 Å². The first-order chi connectivity index (χ1) is 11.7. The van der Waals surface area contributed by atoms with Crippen LogP contribution in [0.3, 0.4) is 0 Å². The van der Waals surface area contributed by atoms with Gasteiger partial charge in [0.15, 0.2) is 0 Å². The van der Waals surface area contributed by atoms with Crippen molar-refractivity contribution in [2.45, 2.75) is 6.92 Å². The third-order valence-corrected chi connectivity index (χ3v) is 4.83. The van der Waals surface area contributed by atoms with Gasteiger partial charge >= 0.3 is 0 Å². The zero-order valence-corrected chi connectivity index (χ0v) is 14.9. The molecular weight excluding hydrogens is 322 g/mol. The van der Waals surface area contributed by atoms with E-state index in [0.717, 1.165) is 44.4 Å². The summed E-state index contributed by atoms with van der Waals surface area (Å²) in [6.45, 7) is 1.98. The van der Waals surface area contributed by atoms with Crippen molar-refractivity contribution in [1.29, 1.82) is 0 Å². The highest BCUT2D eigenvalue weighted by Gasteiger charge is 2.15. The van der Waals surface area contributed by atoms with Crippen LogP contribution in [0.25, 0.3) is 21.6 Å². The molecule has 0 saturated heterocycles. The Balaban J connectivity index is 2.10. The molecule has 0 spiro atoms. The molecule has 0 unspecified atom stereocenters. The number of benzene rings is 2. The molecule has 0 aliphatic carbocycles. The summed E-state index contributed by atoms with van der Waals surface area (Å²) in [5, 5.41) is 0. The largest absolute Gasteiger partial charge is 0.497 e. The lowest BCUT2D eigenvalue weighted by molar-refractivity contribution is 0.389. The molecular formula is C19H19NO3S. The topological polar surface area (TPSA) is 40.6 Å². The minimum atomic E-state index is 0.804. The lowest BCUT2D eigenvalue weighted by Crippen LogP contribution is -1.93. The molecule has 3 rings (SSSR count). The molecule has 24 heavy (non-hydrogen) atoms. The van der Waals surface area contributed by atoms with Gasteiger partial charge in [0.25, 0.3) is 0 Å². The molecule has 4 nitrogen and oxygen atoms in total. The average molecular weight is 341 g/mol. The van der Waals surface area contributed by atoms with E-state index in [4.69, 9.17) is 14.2 Å². The first-order valence-corrected chi connectivity index (χ1v) is 8.27. The molecule has 2 aromatic carbocycles. The molecule has 124 valence electrons. The van der Waals surface area contributed by atoms with E-state index in [1.165, 1.54) is 11.5 Å². The molecule has 5 heteroatoms. The summed E-state index contributed by atoms with van der Waals surface area (Å²) < 4.78 is 20.6. The van der Waals surface area contributed by atoms with Crippen molar-refractivity contribution in [2.24, 2.45) is 0 Å². The summed E-state index contributed by atoms with van der Waals surface area (Å²) >= 11 is 1.46. The fraction of sp³-hybridized carbons (Fsp3) is 0.211. The van der Waals surface area contributed by atoms with E-state index >= 15 is 0 Å². The summed E-state index contributed by atoms with van der Waals surface area (Å²) in [7, 11) is 5.00. The monoisotopic (exact) mass is 341 g/mol. The van der Waals surface area contributed by atoms with E-state index in [9.17, 15) is 0 Å². The van der Waals surface area contributed by atoms with Crippen molar-refractivity contribution in [3.63, 3.8) is 0 Å². The van der Waals surface area contributed by atoms with Gasteiger partial charge in [-0.3, -0.25) is 0 Å². The molecule has 1 heterocycles. The first kappa shape index (κ1) is 16.3. The highest BCUT2D eigenvalue weighted by Crippen LogP contribution is 2.40. The molecule has 0 fully saturated rings. The van der Waals surface area contributed by atoms with Crippen LogP contribution in [-0.2, 0) is 0 Å². The first-order valence-electron chi connectivity index (χ1n) is 7.50. The number of hydrogen-bond donors (Lipinski definition) is 0. The Morgan fingerprint density at radius 2 is 1.46 bits per heavy atom. The Kier molecular flexibility index (Phi) is 4.71. The van der Waals surface area contributed by atoms with E-state index in [1.54, 1.807) is 21.3 Å². The van der Waals surface area contributed by atoms with E-state index < -0.39 is 0 Å². The third-order valence-electron chi connectivity index (χ3n) is 3.99. The molecule has 3 aromatic rings. The molecule has 1 aromatic heterocycles. The van der Waals surface area contributed by atoms with Crippen LogP contribution in [0, 0.1) is 6.92 Å². The molecule has 0 saturated carbocycles. The van der Waals surface area contributed by atoms with Crippen LogP contribution in [0.1, 0.15) is 5.56 Å². The van der Waals surface area contributed by atoms with Crippen molar-refractivity contribution in [1.82, 2.24) is 4.37 Å². The van der Waals surface area contributed by atoms with Gasteiger partial charge in [0.1, 0.15) is 17.2 Å². The Morgan fingerprint density at radius 1 is 0.833 bits per heavy atom. The number of ether oxygens (including phenoxy) is 3. The number of aromatic nitrogens is 1. The second kappa shape index (κ2) is 6.93. The van der Waals surface area contributed by atoms with Gasteiger partial charge in [-0.2, -0.15) is 4.37 Å². The maximum Gasteiger partial charge on any atom is 0.126 e. The van der Waals surface area contributed by atoms with Crippen molar-refractivity contribution in [2.75, 3.05) is 21.3 Å². The lowest BCUT2D eigenvalue weighted by Gasteiger charge is -2.13. The fourth-order valence-corrected chi connectivity index (χ4v) is 3.40. The Bertz CT molecular complexity index is 815. The highest BCUT2D eigenvalue weighted by molar-refractivity contribution is 7.10. The predicted molar refractivity (Wildman–Crippen MR) is 97.4 cm³/mol. The number of hydrogen-bond acceptors (Lipinski definition) is 5. The maximum absolute atomic E-state index is 5.49. The summed E-state index contributed by atoms with van der Waals surface area (Å²) in [5.41, 5.74) is 4.19. The van der Waals surface area contributed by atoms with Crippen LogP contribution in [0.2, 0.25) is 0 Å². The van der Waals surface area contributed by atoms with Crippen LogP contribution in [-0.4, -0.2) is 25.7 Å². The normalized spacial score (nSPS) is 10.5. The van der Waals surface area contributed by atoms with Gasteiger partial charge in [-0.25, -0.2) is 0 Å². The summed E-state index contributed by atoms with van der Waals surface area (Å²) in [4.78, 5) is 1.08. The second-order valence-corrected chi connectivity index (χ2v) is 6.10. The van der Waals surface area contributed by atoms with Crippen molar-refractivity contribution in [3.8, 4) is 38.8 Å². The van der Waals surface area contributed by atoms with Crippen molar-refractivity contribution >= 4 is 11.5 Å². The van der Waals surface area contributed by atoms with Gasteiger partial charge in [-0.15, -0.1) is 0 Å². The zero-order valence-electron chi connectivity index (χ0n) is 14.1. The van der Waals surface area contributed by atoms with Crippen LogP contribution >= 0.6 is 11.5 Å². The Hall–Kier alpha value is -2.53. The minimum Gasteiger partial charge on any atom is -0.497 e. The van der Waals surface area contributed by atoms with E-state index in [1.807, 2.05) is 49.5 Å². The second-order valence-electron chi connectivity index (χ2n) is 5.30. The SMILES string of the molecule is COc1ccc(-c2cnsc2-c2cc(OC)c(C)c(OC)c2)cc1. The Labute approximate surface area is 145 Å². The van der Waals surface area contributed by atoms with Gasteiger partial charge in [-0.05, 0) is 48.3 Å². The maximum atomic E-state index is 5.49. The predicted octanol–water partition coefficient (Wildman–Crippen LogP) is 4.81. The van der Waals surface area contributed by atoms with Crippen molar-refractivity contribution in [3.05, 3.63) is 48.2 Å². The fourth-order valence-electron chi connectivity index (χ4n) is 2.64. The van der Waals surface area contributed by atoms with Gasteiger partial charge in [0.2, 0.25) is 0 Å². The number of methoxy groups -OCH3 is 3. The molecule has 0 amide bonds. The van der Waals surface area contributed by atoms with Crippen LogP contribution in [0.4, 0.5) is 0 Å². The van der Waals surface area contributed by atoms with Gasteiger partial charge < -0.3 is 14.2 Å². The van der Waals surface area contributed by atoms with E-state index in [-0.39, 0.29) is 0 Å². The van der Waals surface area contributed by atoms with E-state index in [2.05, 4.69) is 4.37 Å². The zero-order chi connectivity index (χ0) is 17.1. The van der Waals surface area contributed by atoms with Gasteiger partial charge in [0.05, 0.1) is 26.2 Å². The van der Waals surface area contributed by atoms with E-state index in [0.29, 0.717) is 0 Å². The molecule has 0 radical (unpaired) electrons. The summed E-state index contributed by atoms with van der Waals surface area (Å²) in [6, 6.07) is 12.0. The molecule has 0 N–H and O–H groups in total. The highest BCUT2D eigenvalue weighted by atomic mass is 32.1. The molecule has 0 aliphatic heterocycles. The van der Waals surface area contributed by atoms with Crippen LogP contribution < -0.4 is 14.2 Å². The molecule has 0 bridgehead atoms. The molecule has 0 aliphatic rings. The standard InChI is InChI=1S/C19H19NO3S/c1-12-17(22-3)9-14(10-18(12)23-4)19-16(11-20-24-19)13-5-7-15(21-2)8-6-13/h5-11H,1-4H3. The summed E-state index contributed by atoms with van der Waals surface area (Å²) in [6.07, 6.45) is 1.89. The Morgan fingerprint density at radius 3 is 2.00 bits per heavy atom. The quantitative estimate of drug-likeness (QED) is 0.668. The number of rotatable bonds is 5. The molecule has 0 atom stereocenters. The third kappa shape index (κ3) is 2.95. The van der Waals surface area contributed by atoms with Gasteiger partial charge in [0, 0.05) is 22.9 Å². The number of nitrogens with zero attached hydrogens (tertiary/aromatic N) is 1. The minimum absolute atomic E-state index is 0.804. The smallest absolute Gasteiger partial charge is 0.126 e. The van der Waals surface area contributed by atoms with Gasteiger partial charge in [-0.1, -0.05) is 12.1 Å².